The molecule has 6 rings (SSSR count). The average Bonchev–Trinajstić information content (AvgIpc) is 3.69. The molecule has 2 unspecified atom stereocenters. The van der Waals surface area contributed by atoms with E-state index in [0.29, 0.717) is 40.4 Å². The van der Waals surface area contributed by atoms with E-state index in [9.17, 15) is 18.3 Å². The van der Waals surface area contributed by atoms with Crippen LogP contribution in [0.4, 0.5) is 13.2 Å². The third-order valence-electron chi connectivity index (χ3n) is 9.86. The molecule has 3 aromatic carbocycles. The van der Waals surface area contributed by atoms with Gasteiger partial charge in [-0.25, -0.2) is 31.3 Å². The summed E-state index contributed by atoms with van der Waals surface area (Å²) in [6.07, 6.45) is 2.83. The monoisotopic (exact) mass is 722 g/mol. The minimum Gasteiger partial charge on any atom is -0.481 e. The second kappa shape index (κ2) is 13.8. The number of nitrogens with zero attached hydrogens (tertiary/aromatic N) is 3. The van der Waals surface area contributed by atoms with E-state index in [1.54, 1.807) is 50.5 Å². The summed E-state index contributed by atoms with van der Waals surface area (Å²) in [6.45, 7) is 4.37. The molecule has 2 aromatic heterocycles. The van der Waals surface area contributed by atoms with Crippen LogP contribution in [0, 0.1) is 23.0 Å². The van der Waals surface area contributed by atoms with Crippen molar-refractivity contribution in [2.45, 2.75) is 58.3 Å². The first-order chi connectivity index (χ1) is 24.1. The molecule has 270 valence electrons. The fraction of sp³-hybridized carbons (Fsp3) is 0.395. The molecule has 0 aliphatic carbocycles. The number of aliphatic carboxylic acids is 1. The summed E-state index contributed by atoms with van der Waals surface area (Å²) in [7, 11) is -2.10. The molecule has 2 atom stereocenters. The molecule has 13 heteroatoms. The summed E-state index contributed by atoms with van der Waals surface area (Å²) >= 11 is 0. The Bertz CT molecular complexity index is 2210. The summed E-state index contributed by atoms with van der Waals surface area (Å²) < 4.78 is 81.8. The molecule has 1 aliphatic rings. The second-order valence-electron chi connectivity index (χ2n) is 14.5. The SMILES string of the molecule is CC(Cc1cccc(C2(CF)CCCC(C)(C)CS(=O)(=O)CCc3c(c(F)cc4[nH]ccc34)Oc3ccc(F)c(c3)-c3nc2nn3C)c1)C(=O)O. The number of aromatic amines is 1. The van der Waals surface area contributed by atoms with E-state index in [2.05, 4.69) is 10.1 Å². The maximum atomic E-state index is 15.8. The molecule has 0 amide bonds. The first-order valence-electron chi connectivity index (χ1n) is 16.9. The molecule has 0 radical (unpaired) electrons. The second-order valence-corrected chi connectivity index (χ2v) is 16.6. The van der Waals surface area contributed by atoms with Crippen molar-refractivity contribution in [2.75, 3.05) is 18.2 Å². The number of ether oxygens (including phenoxy) is 1. The van der Waals surface area contributed by atoms with Gasteiger partial charge in [0.15, 0.2) is 33.1 Å². The van der Waals surface area contributed by atoms with E-state index in [4.69, 9.17) is 9.72 Å². The van der Waals surface area contributed by atoms with Gasteiger partial charge in [-0.15, -0.1) is 0 Å². The molecule has 0 fully saturated rings. The van der Waals surface area contributed by atoms with E-state index < -0.39 is 50.9 Å². The number of rotatable bonds is 5. The lowest BCUT2D eigenvalue weighted by atomic mass is 9.74. The first kappa shape index (κ1) is 36.2. The quantitative estimate of drug-likeness (QED) is 0.190. The van der Waals surface area contributed by atoms with Gasteiger partial charge in [0, 0.05) is 35.8 Å². The Morgan fingerprint density at radius 2 is 1.88 bits per heavy atom. The van der Waals surface area contributed by atoms with E-state index >= 15 is 13.2 Å². The van der Waals surface area contributed by atoms with Gasteiger partial charge in [-0.05, 0) is 66.5 Å². The van der Waals surface area contributed by atoms with Crippen molar-refractivity contribution in [3.63, 3.8) is 0 Å². The Hall–Kier alpha value is -4.65. The molecule has 2 N–H and O–H groups in total. The van der Waals surface area contributed by atoms with Crippen LogP contribution in [0.15, 0.2) is 60.8 Å². The van der Waals surface area contributed by atoms with Gasteiger partial charge in [0.2, 0.25) is 0 Å². The normalized spacial score (nSPS) is 19.7. The van der Waals surface area contributed by atoms with Crippen molar-refractivity contribution in [2.24, 2.45) is 18.4 Å². The van der Waals surface area contributed by atoms with Crippen LogP contribution in [0.25, 0.3) is 22.3 Å². The molecule has 51 heavy (non-hydrogen) atoms. The van der Waals surface area contributed by atoms with Crippen LogP contribution in [0.2, 0.25) is 0 Å². The number of alkyl halides is 1. The smallest absolute Gasteiger partial charge is 0.306 e. The summed E-state index contributed by atoms with van der Waals surface area (Å²) in [5.74, 6) is -3.33. The average molecular weight is 723 g/mol. The third-order valence-corrected chi connectivity index (χ3v) is 11.9. The molecule has 0 saturated heterocycles. The molecule has 4 bridgehead atoms. The lowest BCUT2D eigenvalue weighted by molar-refractivity contribution is -0.141. The number of carbonyl (C=O) groups is 1. The number of halogens is 3. The Kier molecular flexibility index (Phi) is 9.79. The number of nitrogens with one attached hydrogen (secondary N) is 1. The number of aromatic nitrogens is 4. The van der Waals surface area contributed by atoms with Gasteiger partial charge in [-0.1, -0.05) is 51.5 Å². The van der Waals surface area contributed by atoms with Crippen molar-refractivity contribution in [1.82, 2.24) is 19.7 Å². The number of sulfone groups is 1. The number of carboxylic acid groups (broad SMARTS) is 1. The van der Waals surface area contributed by atoms with E-state index in [-0.39, 0.29) is 59.5 Å². The highest BCUT2D eigenvalue weighted by atomic mass is 32.2. The van der Waals surface area contributed by atoms with Gasteiger partial charge < -0.3 is 14.8 Å². The Morgan fingerprint density at radius 1 is 1.10 bits per heavy atom. The highest BCUT2D eigenvalue weighted by Gasteiger charge is 2.40. The zero-order valence-corrected chi connectivity index (χ0v) is 29.8. The molecular formula is C38H41F3N4O5S. The third kappa shape index (κ3) is 7.40. The number of hydrogen-bond acceptors (Lipinski definition) is 6. The zero-order chi connectivity index (χ0) is 36.7. The van der Waals surface area contributed by atoms with Crippen molar-refractivity contribution < 1.29 is 36.2 Å². The predicted octanol–water partition coefficient (Wildman–Crippen LogP) is 7.72. The number of H-pyrrole nitrogens is 1. The van der Waals surface area contributed by atoms with Crippen molar-refractivity contribution in [3.8, 4) is 22.9 Å². The van der Waals surface area contributed by atoms with E-state index in [1.165, 1.54) is 22.9 Å². The van der Waals surface area contributed by atoms with Crippen molar-refractivity contribution in [1.29, 1.82) is 0 Å². The maximum Gasteiger partial charge on any atom is 0.306 e. The molecule has 3 heterocycles. The molecule has 9 nitrogen and oxygen atoms in total. The number of carboxylic acids is 1. The standard InChI is InChI=1S/C38H41F3N4O5S/c1-23(35(46)47)17-24-7-5-8-25(18-24)38(21-39)14-6-13-37(2,3)22-51(48,49)16-12-28-27-11-15-42-32(27)20-31(41)33(28)50-26-9-10-30(40)29(19-26)34-43-36(38)44-45(34)4/h5,7-11,15,18-20,23,42H,6,12-14,16-17,21-22H2,1-4H3,(H,46,47). The van der Waals surface area contributed by atoms with Gasteiger partial charge in [0.05, 0.1) is 28.4 Å². The minimum absolute atomic E-state index is 0.0138. The van der Waals surface area contributed by atoms with Gasteiger partial charge >= 0.3 is 5.97 Å². The predicted molar refractivity (Wildman–Crippen MR) is 188 cm³/mol. The van der Waals surface area contributed by atoms with Crippen LogP contribution in [-0.2, 0) is 39.9 Å². The molecule has 1 aliphatic heterocycles. The maximum absolute atomic E-state index is 15.8. The summed E-state index contributed by atoms with van der Waals surface area (Å²) in [5, 5.41) is 14.8. The molecule has 5 aromatic rings. The summed E-state index contributed by atoms with van der Waals surface area (Å²) in [4.78, 5) is 19.3. The fourth-order valence-electron chi connectivity index (χ4n) is 7.15. The number of hydrogen-bond donors (Lipinski definition) is 2. The van der Waals surface area contributed by atoms with Crippen LogP contribution in [-0.4, -0.2) is 57.4 Å². The summed E-state index contributed by atoms with van der Waals surface area (Å²) in [5.41, 5.74) is -0.0740. The largest absolute Gasteiger partial charge is 0.481 e. The van der Waals surface area contributed by atoms with Gasteiger partial charge in [0.25, 0.3) is 0 Å². The summed E-state index contributed by atoms with van der Waals surface area (Å²) in [6, 6.07) is 13.9. The fourth-order valence-corrected chi connectivity index (χ4v) is 9.15. The lowest BCUT2D eigenvalue weighted by Crippen LogP contribution is -2.33. The van der Waals surface area contributed by atoms with Gasteiger partial charge in [0.1, 0.15) is 18.2 Å². The lowest BCUT2D eigenvalue weighted by Gasteiger charge is -2.31. The van der Waals surface area contributed by atoms with Crippen LogP contribution >= 0.6 is 0 Å². The van der Waals surface area contributed by atoms with E-state index in [0.717, 1.165) is 6.07 Å². The van der Waals surface area contributed by atoms with Gasteiger partial charge in [-0.3, -0.25) is 4.79 Å². The van der Waals surface area contributed by atoms with Gasteiger partial charge in [-0.2, -0.15) is 5.10 Å². The van der Waals surface area contributed by atoms with E-state index in [1.807, 2.05) is 13.8 Å². The number of benzene rings is 3. The topological polar surface area (TPSA) is 127 Å². The zero-order valence-electron chi connectivity index (χ0n) is 29.0. The number of fused-ring (bicyclic) bond motifs is 8. The van der Waals surface area contributed by atoms with Crippen molar-refractivity contribution >= 4 is 26.7 Å². The highest BCUT2D eigenvalue weighted by Crippen LogP contribution is 2.41. The Labute approximate surface area is 294 Å². The Morgan fingerprint density at radius 3 is 2.63 bits per heavy atom. The molecular weight excluding hydrogens is 682 g/mol. The van der Waals surface area contributed by atoms with Crippen LogP contribution in [0.3, 0.4) is 0 Å². The van der Waals surface area contributed by atoms with Crippen LogP contribution in [0.1, 0.15) is 62.5 Å². The van der Waals surface area contributed by atoms with Crippen molar-refractivity contribution in [3.05, 3.63) is 94.9 Å². The highest BCUT2D eigenvalue weighted by molar-refractivity contribution is 7.91. The minimum atomic E-state index is -3.67. The molecule has 0 spiro atoms. The number of aryl methyl sites for hydroxylation is 2. The first-order valence-corrected chi connectivity index (χ1v) is 18.7. The van der Waals surface area contributed by atoms with Crippen LogP contribution < -0.4 is 4.74 Å². The van der Waals surface area contributed by atoms with Crippen LogP contribution in [0.5, 0.6) is 11.5 Å². The Balaban J connectivity index is 1.52. The molecule has 0 saturated carbocycles.